The third-order valence-electron chi connectivity index (χ3n) is 2.63. The number of amides is 2. The zero-order chi connectivity index (χ0) is 13.3. The standard InChI is InChI=1S/C12H15N3O3/c1-14(2)13-12(17)8-4-5-10-9(6-8)15(3)11(16)7-18-10/h4-6H,7H2,1-3H3,(H,13,17). The summed E-state index contributed by atoms with van der Waals surface area (Å²) >= 11 is 0. The Balaban J connectivity index is 2.31. The molecule has 6 heteroatoms. The lowest BCUT2D eigenvalue weighted by Crippen LogP contribution is -2.37. The Hall–Kier alpha value is -2.08. The first-order chi connectivity index (χ1) is 8.49. The topological polar surface area (TPSA) is 61.9 Å². The molecule has 0 fully saturated rings. The summed E-state index contributed by atoms with van der Waals surface area (Å²) in [6, 6.07) is 5.01. The second kappa shape index (κ2) is 4.66. The highest BCUT2D eigenvalue weighted by Gasteiger charge is 2.23. The summed E-state index contributed by atoms with van der Waals surface area (Å²) in [6.45, 7) is 0.0345. The van der Waals surface area contributed by atoms with Crippen LogP contribution >= 0.6 is 0 Å². The van der Waals surface area contributed by atoms with Gasteiger partial charge in [-0.2, -0.15) is 0 Å². The van der Waals surface area contributed by atoms with E-state index in [1.54, 1.807) is 44.4 Å². The summed E-state index contributed by atoms with van der Waals surface area (Å²) in [4.78, 5) is 24.8. The molecule has 0 saturated heterocycles. The maximum Gasteiger partial charge on any atom is 0.265 e. The van der Waals surface area contributed by atoms with Crippen LogP contribution in [-0.4, -0.2) is 44.6 Å². The number of nitrogens with zero attached hydrogens (tertiary/aromatic N) is 2. The van der Waals surface area contributed by atoms with Crippen molar-refractivity contribution in [1.82, 2.24) is 10.4 Å². The van der Waals surface area contributed by atoms with Crippen molar-refractivity contribution in [3.63, 3.8) is 0 Å². The van der Waals surface area contributed by atoms with Crippen molar-refractivity contribution < 1.29 is 14.3 Å². The van der Waals surface area contributed by atoms with E-state index in [0.29, 0.717) is 17.0 Å². The third kappa shape index (κ3) is 2.28. The van der Waals surface area contributed by atoms with Gasteiger partial charge in [-0.25, -0.2) is 5.01 Å². The molecule has 0 aliphatic carbocycles. The quantitative estimate of drug-likeness (QED) is 0.763. The van der Waals surface area contributed by atoms with E-state index in [-0.39, 0.29) is 18.4 Å². The average Bonchev–Trinajstić information content (AvgIpc) is 2.33. The van der Waals surface area contributed by atoms with Crippen molar-refractivity contribution in [3.05, 3.63) is 23.8 Å². The fourth-order valence-corrected chi connectivity index (χ4v) is 1.68. The second-order valence-corrected chi connectivity index (χ2v) is 4.26. The van der Waals surface area contributed by atoms with Gasteiger partial charge in [0.1, 0.15) is 5.75 Å². The van der Waals surface area contributed by atoms with E-state index >= 15 is 0 Å². The lowest BCUT2D eigenvalue weighted by molar-refractivity contribution is -0.120. The number of anilines is 1. The molecule has 18 heavy (non-hydrogen) atoms. The van der Waals surface area contributed by atoms with E-state index in [9.17, 15) is 9.59 Å². The normalized spacial score (nSPS) is 14.2. The van der Waals surface area contributed by atoms with Crippen molar-refractivity contribution >= 4 is 17.5 Å². The van der Waals surface area contributed by atoms with Crippen LogP contribution in [0.5, 0.6) is 5.75 Å². The van der Waals surface area contributed by atoms with Crippen LogP contribution in [0.2, 0.25) is 0 Å². The molecule has 1 N–H and O–H groups in total. The second-order valence-electron chi connectivity index (χ2n) is 4.26. The smallest absolute Gasteiger partial charge is 0.265 e. The van der Waals surface area contributed by atoms with Crippen molar-refractivity contribution in [3.8, 4) is 5.75 Å². The van der Waals surface area contributed by atoms with E-state index in [2.05, 4.69) is 5.43 Å². The summed E-state index contributed by atoms with van der Waals surface area (Å²) in [5.74, 6) is 0.250. The lowest BCUT2D eigenvalue weighted by atomic mass is 10.1. The van der Waals surface area contributed by atoms with Gasteiger partial charge in [-0.3, -0.25) is 15.0 Å². The highest BCUT2D eigenvalue weighted by molar-refractivity contribution is 6.00. The average molecular weight is 249 g/mol. The van der Waals surface area contributed by atoms with Gasteiger partial charge in [-0.05, 0) is 18.2 Å². The summed E-state index contributed by atoms with van der Waals surface area (Å²) in [6.07, 6.45) is 0. The maximum absolute atomic E-state index is 11.8. The molecule has 96 valence electrons. The van der Waals surface area contributed by atoms with Crippen LogP contribution in [0, 0.1) is 0 Å². The number of nitrogens with one attached hydrogen (secondary N) is 1. The Kier molecular flexibility index (Phi) is 3.20. The predicted octanol–water partition coefficient (Wildman–Crippen LogP) is 0.248. The monoisotopic (exact) mass is 249 g/mol. The third-order valence-corrected chi connectivity index (χ3v) is 2.63. The van der Waals surface area contributed by atoms with Gasteiger partial charge in [0.05, 0.1) is 5.69 Å². The Labute approximate surface area is 105 Å². The Bertz CT molecular complexity index is 499. The maximum atomic E-state index is 11.8. The number of hydrogen-bond donors (Lipinski definition) is 1. The first-order valence-corrected chi connectivity index (χ1v) is 5.51. The number of ether oxygens (including phenoxy) is 1. The van der Waals surface area contributed by atoms with E-state index in [1.807, 2.05) is 0 Å². The van der Waals surface area contributed by atoms with E-state index in [1.165, 1.54) is 4.90 Å². The molecule has 2 rings (SSSR count). The van der Waals surface area contributed by atoms with Crippen LogP contribution in [0.25, 0.3) is 0 Å². The summed E-state index contributed by atoms with van der Waals surface area (Å²) in [5.41, 5.74) is 3.73. The zero-order valence-corrected chi connectivity index (χ0v) is 10.6. The van der Waals surface area contributed by atoms with Gasteiger partial charge >= 0.3 is 0 Å². The largest absolute Gasteiger partial charge is 0.482 e. The molecule has 6 nitrogen and oxygen atoms in total. The highest BCUT2D eigenvalue weighted by Crippen LogP contribution is 2.31. The van der Waals surface area contributed by atoms with Crippen LogP contribution in [0.4, 0.5) is 5.69 Å². The number of carbonyl (C=O) groups is 2. The number of benzene rings is 1. The minimum atomic E-state index is -0.228. The van der Waals surface area contributed by atoms with Crippen LogP contribution in [-0.2, 0) is 4.79 Å². The summed E-state index contributed by atoms with van der Waals surface area (Å²) < 4.78 is 5.29. The summed E-state index contributed by atoms with van der Waals surface area (Å²) in [5, 5.41) is 1.56. The van der Waals surface area contributed by atoms with Crippen LogP contribution in [0.15, 0.2) is 18.2 Å². The molecule has 1 aliphatic rings. The van der Waals surface area contributed by atoms with E-state index in [4.69, 9.17) is 4.74 Å². The molecule has 1 heterocycles. The highest BCUT2D eigenvalue weighted by atomic mass is 16.5. The van der Waals surface area contributed by atoms with Crippen molar-refractivity contribution in [2.45, 2.75) is 0 Å². The Morgan fingerprint density at radius 3 is 2.83 bits per heavy atom. The van der Waals surface area contributed by atoms with E-state index < -0.39 is 0 Å². The van der Waals surface area contributed by atoms with Gasteiger partial charge in [0.25, 0.3) is 11.8 Å². The van der Waals surface area contributed by atoms with Gasteiger partial charge in [0, 0.05) is 26.7 Å². The van der Waals surface area contributed by atoms with Gasteiger partial charge in [0.15, 0.2) is 6.61 Å². The molecular weight excluding hydrogens is 234 g/mol. The fraction of sp³-hybridized carbons (Fsp3) is 0.333. The van der Waals surface area contributed by atoms with Crippen LogP contribution < -0.4 is 15.1 Å². The molecule has 0 saturated carbocycles. The van der Waals surface area contributed by atoms with Crippen LogP contribution in [0.1, 0.15) is 10.4 Å². The predicted molar refractivity (Wildman–Crippen MR) is 66.5 cm³/mol. The molecule has 1 aromatic rings. The van der Waals surface area contributed by atoms with Crippen molar-refractivity contribution in [2.24, 2.45) is 0 Å². The fourth-order valence-electron chi connectivity index (χ4n) is 1.68. The van der Waals surface area contributed by atoms with Gasteiger partial charge in [-0.15, -0.1) is 0 Å². The summed E-state index contributed by atoms with van der Waals surface area (Å²) in [7, 11) is 5.13. The molecule has 0 aromatic heterocycles. The lowest BCUT2D eigenvalue weighted by Gasteiger charge is -2.26. The van der Waals surface area contributed by atoms with Gasteiger partial charge < -0.3 is 9.64 Å². The van der Waals surface area contributed by atoms with Gasteiger partial charge in [-0.1, -0.05) is 0 Å². The molecule has 1 aliphatic heterocycles. The Morgan fingerprint density at radius 2 is 2.17 bits per heavy atom. The molecule has 0 bridgehead atoms. The van der Waals surface area contributed by atoms with Crippen LogP contribution in [0.3, 0.4) is 0 Å². The SMILES string of the molecule is CN(C)NC(=O)c1ccc2c(c1)N(C)C(=O)CO2. The molecule has 0 atom stereocenters. The minimum absolute atomic E-state index is 0.0345. The molecule has 1 aromatic carbocycles. The van der Waals surface area contributed by atoms with Gasteiger partial charge in [0.2, 0.25) is 0 Å². The number of hydrazine groups is 1. The zero-order valence-electron chi connectivity index (χ0n) is 10.6. The number of rotatable bonds is 2. The number of carbonyl (C=O) groups excluding carboxylic acids is 2. The molecular formula is C12H15N3O3. The minimum Gasteiger partial charge on any atom is -0.482 e. The van der Waals surface area contributed by atoms with Crippen molar-refractivity contribution in [2.75, 3.05) is 32.6 Å². The number of likely N-dealkylation sites (N-methyl/N-ethyl adjacent to an activating group) is 1. The molecule has 0 radical (unpaired) electrons. The molecule has 0 unspecified atom stereocenters. The number of hydrogen-bond acceptors (Lipinski definition) is 4. The Morgan fingerprint density at radius 1 is 1.44 bits per heavy atom. The first-order valence-electron chi connectivity index (χ1n) is 5.51. The molecule has 2 amide bonds. The first kappa shape index (κ1) is 12.4. The molecule has 0 spiro atoms. The van der Waals surface area contributed by atoms with E-state index in [0.717, 1.165) is 0 Å². The van der Waals surface area contributed by atoms with Crippen molar-refractivity contribution in [1.29, 1.82) is 0 Å². The number of fused-ring (bicyclic) bond motifs is 1.